The van der Waals surface area contributed by atoms with Crippen molar-refractivity contribution in [3.05, 3.63) is 64.1 Å². The van der Waals surface area contributed by atoms with Crippen molar-refractivity contribution < 1.29 is 14.7 Å². The fourth-order valence-electron chi connectivity index (χ4n) is 3.11. The lowest BCUT2D eigenvalue weighted by Crippen LogP contribution is -2.43. The molecule has 136 valence electrons. The number of carbonyl (C=O) groups is 2. The number of amides is 1. The molecule has 26 heavy (non-hydrogen) atoms. The molecule has 1 heterocycles. The molecule has 0 unspecified atom stereocenters. The Morgan fingerprint density at radius 1 is 1.15 bits per heavy atom. The van der Waals surface area contributed by atoms with Crippen molar-refractivity contribution in [3.63, 3.8) is 0 Å². The minimum atomic E-state index is -1.84. The Morgan fingerprint density at radius 2 is 1.81 bits per heavy atom. The molecule has 1 amide bonds. The van der Waals surface area contributed by atoms with Crippen LogP contribution in [0.4, 0.5) is 5.69 Å². The fourth-order valence-corrected chi connectivity index (χ4v) is 3.48. The standard InChI is InChI=1S/C21H22BrNO3/c1-20(2,3)18(24)12-21(26)16-11-15(22)9-10-17(16)23(19(21)25)13-14-7-5-4-6-8-14/h4-11,26H,12-13H2,1-3H3/t21-/m0/s1. The molecule has 0 aliphatic carbocycles. The molecule has 0 fully saturated rings. The van der Waals surface area contributed by atoms with Gasteiger partial charge in [-0.2, -0.15) is 0 Å². The zero-order valence-corrected chi connectivity index (χ0v) is 16.7. The Morgan fingerprint density at radius 3 is 2.42 bits per heavy atom. The number of Topliss-reactive ketones (excluding diaryl/α,β-unsaturated/α-hetero) is 1. The number of rotatable bonds is 4. The summed E-state index contributed by atoms with van der Waals surface area (Å²) in [5, 5.41) is 11.3. The molecule has 4 nitrogen and oxygen atoms in total. The van der Waals surface area contributed by atoms with Crippen LogP contribution in [0.1, 0.15) is 38.3 Å². The Labute approximate surface area is 162 Å². The molecule has 0 spiro atoms. The van der Waals surface area contributed by atoms with Crippen LogP contribution in [0.15, 0.2) is 53.0 Å². The van der Waals surface area contributed by atoms with Gasteiger partial charge < -0.3 is 10.0 Å². The summed E-state index contributed by atoms with van der Waals surface area (Å²) in [6.45, 7) is 5.73. The van der Waals surface area contributed by atoms with Crippen molar-refractivity contribution >= 4 is 33.3 Å². The van der Waals surface area contributed by atoms with Crippen molar-refractivity contribution in [3.8, 4) is 0 Å². The number of aliphatic hydroxyl groups is 1. The highest BCUT2D eigenvalue weighted by atomic mass is 79.9. The highest BCUT2D eigenvalue weighted by molar-refractivity contribution is 9.10. The van der Waals surface area contributed by atoms with E-state index in [2.05, 4.69) is 15.9 Å². The van der Waals surface area contributed by atoms with Crippen LogP contribution in [-0.2, 0) is 21.7 Å². The van der Waals surface area contributed by atoms with Crippen molar-refractivity contribution in [2.45, 2.75) is 39.3 Å². The number of ketones is 1. The van der Waals surface area contributed by atoms with Crippen molar-refractivity contribution in [2.24, 2.45) is 5.41 Å². The van der Waals surface area contributed by atoms with Crippen LogP contribution in [0.3, 0.4) is 0 Å². The Balaban J connectivity index is 2.03. The number of fused-ring (bicyclic) bond motifs is 1. The summed E-state index contributed by atoms with van der Waals surface area (Å²) in [6, 6.07) is 15.0. The predicted octanol–water partition coefficient (Wildman–Crippen LogP) is 4.19. The normalized spacial score (nSPS) is 19.6. The van der Waals surface area contributed by atoms with E-state index in [0.717, 1.165) is 10.0 Å². The third kappa shape index (κ3) is 3.33. The number of hydrogen-bond acceptors (Lipinski definition) is 3. The first-order chi connectivity index (χ1) is 12.1. The molecule has 2 aromatic rings. The number of carbonyl (C=O) groups excluding carboxylic acids is 2. The molecule has 3 rings (SSSR count). The lowest BCUT2D eigenvalue weighted by Gasteiger charge is -2.26. The summed E-state index contributed by atoms with van der Waals surface area (Å²) in [5.41, 5.74) is -0.384. The number of benzene rings is 2. The van der Waals surface area contributed by atoms with Crippen molar-refractivity contribution in [1.82, 2.24) is 0 Å². The molecule has 0 saturated carbocycles. The molecule has 1 aliphatic rings. The zero-order chi connectivity index (χ0) is 19.1. The topological polar surface area (TPSA) is 57.6 Å². The van der Waals surface area contributed by atoms with E-state index in [0.29, 0.717) is 17.8 Å². The van der Waals surface area contributed by atoms with Crippen molar-refractivity contribution in [1.29, 1.82) is 0 Å². The van der Waals surface area contributed by atoms with E-state index in [9.17, 15) is 14.7 Å². The molecule has 0 saturated heterocycles. The molecule has 2 aromatic carbocycles. The molecular formula is C21H22BrNO3. The van der Waals surface area contributed by atoms with Gasteiger partial charge in [-0.15, -0.1) is 0 Å². The summed E-state index contributed by atoms with van der Waals surface area (Å²) in [4.78, 5) is 27.3. The van der Waals surface area contributed by atoms with Crippen LogP contribution in [-0.4, -0.2) is 16.8 Å². The number of anilines is 1. The van der Waals surface area contributed by atoms with Crippen LogP contribution in [0.25, 0.3) is 0 Å². The van der Waals surface area contributed by atoms with E-state index in [1.807, 2.05) is 36.4 Å². The summed E-state index contributed by atoms with van der Waals surface area (Å²) in [7, 11) is 0. The molecule has 1 aliphatic heterocycles. The van der Waals surface area contributed by atoms with Crippen LogP contribution >= 0.6 is 15.9 Å². The average Bonchev–Trinajstić information content (AvgIpc) is 2.77. The maximum absolute atomic E-state index is 13.2. The maximum atomic E-state index is 13.2. The van der Waals surface area contributed by atoms with Gasteiger partial charge in [0.2, 0.25) is 0 Å². The van der Waals surface area contributed by atoms with E-state index >= 15 is 0 Å². The van der Waals surface area contributed by atoms with Crippen LogP contribution in [0, 0.1) is 5.41 Å². The van der Waals surface area contributed by atoms with Gasteiger partial charge in [0.25, 0.3) is 5.91 Å². The second-order valence-corrected chi connectivity index (χ2v) is 8.66. The Hall–Kier alpha value is -1.98. The summed E-state index contributed by atoms with van der Waals surface area (Å²) < 4.78 is 0.757. The predicted molar refractivity (Wildman–Crippen MR) is 105 cm³/mol. The highest BCUT2D eigenvalue weighted by Gasteiger charge is 2.51. The second kappa shape index (κ2) is 6.63. The zero-order valence-electron chi connectivity index (χ0n) is 15.1. The minimum Gasteiger partial charge on any atom is -0.375 e. The first-order valence-electron chi connectivity index (χ1n) is 8.54. The fraction of sp³-hybridized carbons (Fsp3) is 0.333. The van der Waals surface area contributed by atoms with Gasteiger partial charge in [0.15, 0.2) is 5.60 Å². The largest absolute Gasteiger partial charge is 0.375 e. The number of nitrogens with zero attached hydrogens (tertiary/aromatic N) is 1. The smallest absolute Gasteiger partial charge is 0.264 e. The van der Waals surface area contributed by atoms with Gasteiger partial charge in [-0.3, -0.25) is 9.59 Å². The van der Waals surface area contributed by atoms with Gasteiger partial charge in [-0.05, 0) is 23.8 Å². The van der Waals surface area contributed by atoms with E-state index in [1.165, 1.54) is 0 Å². The van der Waals surface area contributed by atoms with Gasteiger partial charge in [0, 0.05) is 21.9 Å². The number of halogens is 1. The van der Waals surface area contributed by atoms with Gasteiger partial charge in [-0.1, -0.05) is 67.0 Å². The summed E-state index contributed by atoms with van der Waals surface area (Å²) in [6.07, 6.45) is -0.232. The Kier molecular flexibility index (Phi) is 4.80. The summed E-state index contributed by atoms with van der Waals surface area (Å²) in [5.74, 6) is -0.604. The van der Waals surface area contributed by atoms with Crippen LogP contribution in [0.5, 0.6) is 0 Å². The van der Waals surface area contributed by atoms with E-state index in [4.69, 9.17) is 0 Å². The molecule has 0 aromatic heterocycles. The van der Waals surface area contributed by atoms with Gasteiger partial charge >= 0.3 is 0 Å². The summed E-state index contributed by atoms with van der Waals surface area (Å²) >= 11 is 3.40. The first-order valence-corrected chi connectivity index (χ1v) is 9.34. The van der Waals surface area contributed by atoms with Gasteiger partial charge in [-0.25, -0.2) is 0 Å². The van der Waals surface area contributed by atoms with Gasteiger partial charge in [0.05, 0.1) is 12.2 Å². The van der Waals surface area contributed by atoms with Crippen LogP contribution in [0.2, 0.25) is 0 Å². The maximum Gasteiger partial charge on any atom is 0.264 e. The monoisotopic (exact) mass is 415 g/mol. The molecule has 5 heteroatoms. The Bertz CT molecular complexity index is 857. The first kappa shape index (κ1) is 18.8. The second-order valence-electron chi connectivity index (χ2n) is 7.75. The third-order valence-corrected chi connectivity index (χ3v) is 5.22. The van der Waals surface area contributed by atoms with Gasteiger partial charge in [0.1, 0.15) is 5.78 Å². The quantitative estimate of drug-likeness (QED) is 0.814. The molecular weight excluding hydrogens is 394 g/mol. The SMILES string of the molecule is CC(C)(C)C(=O)C[C@@]1(O)C(=O)N(Cc2ccccc2)c2ccc(Br)cc21. The van der Waals surface area contributed by atoms with Crippen LogP contribution < -0.4 is 4.90 Å². The lowest BCUT2D eigenvalue weighted by molar-refractivity contribution is -0.144. The average molecular weight is 416 g/mol. The lowest BCUT2D eigenvalue weighted by atomic mass is 9.81. The van der Waals surface area contributed by atoms with E-state index < -0.39 is 16.9 Å². The van der Waals surface area contributed by atoms with E-state index in [-0.39, 0.29) is 12.2 Å². The van der Waals surface area contributed by atoms with E-state index in [1.54, 1.807) is 37.8 Å². The number of hydrogen-bond donors (Lipinski definition) is 1. The molecule has 0 radical (unpaired) electrons. The van der Waals surface area contributed by atoms with Crippen molar-refractivity contribution in [2.75, 3.05) is 4.90 Å². The highest BCUT2D eigenvalue weighted by Crippen LogP contribution is 2.45. The molecule has 0 bridgehead atoms. The molecule has 1 N–H and O–H groups in total. The molecule has 1 atom stereocenters. The third-order valence-electron chi connectivity index (χ3n) is 4.73. The minimum absolute atomic E-state index is 0.152.